The second-order valence-electron chi connectivity index (χ2n) is 6.89. The summed E-state index contributed by atoms with van der Waals surface area (Å²) in [4.78, 5) is 13.8. The second-order valence-corrected chi connectivity index (χ2v) is 8.37. The Morgan fingerprint density at radius 1 is 1.39 bits per heavy atom. The van der Waals surface area contributed by atoms with Crippen LogP contribution in [0.25, 0.3) is 0 Å². The van der Waals surface area contributed by atoms with Gasteiger partial charge in [-0.05, 0) is 57.2 Å². The van der Waals surface area contributed by atoms with Gasteiger partial charge in [-0.3, -0.25) is 9.48 Å². The number of thiophene rings is 1. The van der Waals surface area contributed by atoms with E-state index >= 15 is 0 Å². The molecule has 0 aliphatic heterocycles. The first-order valence-electron chi connectivity index (χ1n) is 9.12. The highest BCUT2D eigenvalue weighted by Gasteiger charge is 2.23. The van der Waals surface area contributed by atoms with E-state index in [-0.39, 0.29) is 11.7 Å². The van der Waals surface area contributed by atoms with Crippen LogP contribution in [-0.2, 0) is 19.4 Å². The molecule has 4 rings (SSSR count). The lowest BCUT2D eigenvalue weighted by molar-refractivity contribution is 0.0995. The number of carbonyl (C=O) groups is 1. The smallest absolute Gasteiger partial charge is 0.292 e. The third-order valence-electron chi connectivity index (χ3n) is 4.99. The summed E-state index contributed by atoms with van der Waals surface area (Å²) >= 11 is 7.68. The molecule has 0 saturated carbocycles. The van der Waals surface area contributed by atoms with E-state index in [1.165, 1.54) is 16.2 Å². The lowest BCUT2D eigenvalue weighted by Gasteiger charge is -2.09. The summed E-state index contributed by atoms with van der Waals surface area (Å²) in [6.07, 6.45) is 4.09. The molecule has 0 aromatic carbocycles. The number of nitriles is 1. The molecular weight excluding hydrogens is 396 g/mol. The zero-order valence-electron chi connectivity index (χ0n) is 15.6. The molecule has 28 heavy (non-hydrogen) atoms. The van der Waals surface area contributed by atoms with Crippen molar-refractivity contribution in [2.24, 2.45) is 0 Å². The number of nitrogens with one attached hydrogen (secondary N) is 1. The zero-order chi connectivity index (χ0) is 19.8. The van der Waals surface area contributed by atoms with Crippen LogP contribution in [0, 0.1) is 25.2 Å². The lowest BCUT2D eigenvalue weighted by atomic mass is 9.96. The van der Waals surface area contributed by atoms with Crippen molar-refractivity contribution in [3.05, 3.63) is 56.1 Å². The minimum absolute atomic E-state index is 0.206. The van der Waals surface area contributed by atoms with Gasteiger partial charge in [0.25, 0.3) is 5.91 Å². The van der Waals surface area contributed by atoms with Crippen molar-refractivity contribution in [1.29, 1.82) is 5.26 Å². The Labute approximate surface area is 171 Å². The first kappa shape index (κ1) is 18.8. The van der Waals surface area contributed by atoms with Gasteiger partial charge in [0.15, 0.2) is 5.76 Å². The molecule has 1 aliphatic rings. The molecule has 0 atom stereocenters. The third-order valence-corrected chi connectivity index (χ3v) is 6.75. The molecule has 0 radical (unpaired) electrons. The summed E-state index contributed by atoms with van der Waals surface area (Å²) in [5.41, 5.74) is 3.30. The number of hydrogen-bond donors (Lipinski definition) is 1. The van der Waals surface area contributed by atoms with Crippen LogP contribution in [-0.4, -0.2) is 15.7 Å². The summed E-state index contributed by atoms with van der Waals surface area (Å²) in [5, 5.41) is 18.0. The number of aryl methyl sites for hydroxylation is 2. The molecular formula is C20H19ClN4O2S. The van der Waals surface area contributed by atoms with Gasteiger partial charge in [0.2, 0.25) is 0 Å². The molecule has 0 bridgehead atoms. The standard InChI is InChI=1S/C20H19ClN4O2S/c1-11-18(21)12(2)25(24-11)10-13-7-8-16(27-13)19(26)23-20-15(9-22)14-5-3-4-6-17(14)28-20/h7-8H,3-6,10H2,1-2H3,(H,23,26). The fourth-order valence-electron chi connectivity index (χ4n) is 3.50. The molecule has 144 valence electrons. The van der Waals surface area contributed by atoms with Crippen LogP contribution in [0.15, 0.2) is 16.5 Å². The normalized spacial score (nSPS) is 13.2. The van der Waals surface area contributed by atoms with Gasteiger partial charge < -0.3 is 9.73 Å². The summed E-state index contributed by atoms with van der Waals surface area (Å²) < 4.78 is 7.46. The topological polar surface area (TPSA) is 83.9 Å². The predicted molar refractivity (Wildman–Crippen MR) is 108 cm³/mol. The van der Waals surface area contributed by atoms with E-state index in [1.54, 1.807) is 16.8 Å². The molecule has 6 nitrogen and oxygen atoms in total. The first-order valence-corrected chi connectivity index (χ1v) is 10.3. The van der Waals surface area contributed by atoms with Crippen molar-refractivity contribution in [2.45, 2.75) is 46.1 Å². The van der Waals surface area contributed by atoms with Crippen LogP contribution in [0.5, 0.6) is 0 Å². The van der Waals surface area contributed by atoms with Gasteiger partial charge >= 0.3 is 0 Å². The van der Waals surface area contributed by atoms with E-state index in [1.807, 2.05) is 13.8 Å². The van der Waals surface area contributed by atoms with E-state index in [2.05, 4.69) is 16.5 Å². The molecule has 0 fully saturated rings. The van der Waals surface area contributed by atoms with Crippen molar-refractivity contribution in [1.82, 2.24) is 9.78 Å². The van der Waals surface area contributed by atoms with Gasteiger partial charge in [-0.2, -0.15) is 10.4 Å². The highest BCUT2D eigenvalue weighted by atomic mass is 35.5. The minimum atomic E-state index is -0.354. The largest absolute Gasteiger partial charge is 0.454 e. The predicted octanol–water partition coefficient (Wildman–Crippen LogP) is 4.86. The zero-order valence-corrected chi connectivity index (χ0v) is 17.2. The molecule has 0 saturated heterocycles. The Morgan fingerprint density at radius 2 is 2.18 bits per heavy atom. The minimum Gasteiger partial charge on any atom is -0.454 e. The Balaban J connectivity index is 1.52. The van der Waals surface area contributed by atoms with Crippen LogP contribution in [0.3, 0.4) is 0 Å². The number of fused-ring (bicyclic) bond motifs is 1. The number of furan rings is 1. The summed E-state index contributed by atoms with van der Waals surface area (Å²) in [6.45, 7) is 4.13. The average Bonchev–Trinajstić information content (AvgIpc) is 3.35. The Bertz CT molecular complexity index is 1100. The quantitative estimate of drug-likeness (QED) is 0.660. The fraction of sp³-hybridized carbons (Fsp3) is 0.350. The monoisotopic (exact) mass is 414 g/mol. The van der Waals surface area contributed by atoms with E-state index < -0.39 is 0 Å². The van der Waals surface area contributed by atoms with Gasteiger partial charge in [-0.25, -0.2) is 0 Å². The number of nitrogens with zero attached hydrogens (tertiary/aromatic N) is 3. The summed E-state index contributed by atoms with van der Waals surface area (Å²) in [6, 6.07) is 5.64. The second kappa shape index (κ2) is 7.46. The summed E-state index contributed by atoms with van der Waals surface area (Å²) in [7, 11) is 0. The molecule has 1 aliphatic carbocycles. The fourth-order valence-corrected chi connectivity index (χ4v) is 4.87. The molecule has 0 spiro atoms. The van der Waals surface area contributed by atoms with Crippen LogP contribution >= 0.6 is 22.9 Å². The van der Waals surface area contributed by atoms with Gasteiger partial charge in [0, 0.05) is 4.88 Å². The number of halogens is 1. The highest BCUT2D eigenvalue weighted by molar-refractivity contribution is 7.16. The molecule has 1 amide bonds. The number of hydrogen-bond acceptors (Lipinski definition) is 5. The maximum absolute atomic E-state index is 12.6. The number of anilines is 1. The Hall–Kier alpha value is -2.56. The van der Waals surface area contributed by atoms with Crippen LogP contribution < -0.4 is 5.32 Å². The highest BCUT2D eigenvalue weighted by Crippen LogP contribution is 2.37. The van der Waals surface area contributed by atoms with Crippen LogP contribution in [0.2, 0.25) is 5.02 Å². The van der Waals surface area contributed by atoms with Crippen LogP contribution in [0.4, 0.5) is 5.00 Å². The van der Waals surface area contributed by atoms with Crippen molar-refractivity contribution in [3.8, 4) is 6.07 Å². The molecule has 3 heterocycles. The SMILES string of the molecule is Cc1nn(Cc2ccc(C(=O)Nc3sc4c(c3C#N)CCCC4)o2)c(C)c1Cl. The third kappa shape index (κ3) is 3.34. The molecule has 0 unspecified atom stereocenters. The summed E-state index contributed by atoms with van der Waals surface area (Å²) in [5.74, 6) is 0.462. The average molecular weight is 415 g/mol. The van der Waals surface area contributed by atoms with E-state index in [0.29, 0.717) is 27.9 Å². The molecule has 3 aromatic rings. The number of carbonyl (C=O) groups excluding carboxylic acids is 1. The van der Waals surface area contributed by atoms with Crippen LogP contribution in [0.1, 0.15) is 56.5 Å². The Morgan fingerprint density at radius 3 is 2.89 bits per heavy atom. The molecule has 8 heteroatoms. The first-order chi connectivity index (χ1) is 13.5. The lowest BCUT2D eigenvalue weighted by Crippen LogP contribution is -2.11. The number of amides is 1. The van der Waals surface area contributed by atoms with Gasteiger partial charge in [0.1, 0.15) is 16.8 Å². The van der Waals surface area contributed by atoms with E-state index in [9.17, 15) is 10.1 Å². The van der Waals surface area contributed by atoms with Gasteiger partial charge in [-0.1, -0.05) is 11.6 Å². The maximum atomic E-state index is 12.6. The van der Waals surface area contributed by atoms with Crippen molar-refractivity contribution >= 4 is 33.8 Å². The Kier molecular flexibility index (Phi) is 5.00. The van der Waals surface area contributed by atoms with E-state index in [0.717, 1.165) is 42.6 Å². The van der Waals surface area contributed by atoms with Gasteiger partial charge in [-0.15, -0.1) is 11.3 Å². The van der Waals surface area contributed by atoms with E-state index in [4.69, 9.17) is 16.0 Å². The molecule has 3 aromatic heterocycles. The molecule has 1 N–H and O–H groups in total. The number of rotatable bonds is 4. The van der Waals surface area contributed by atoms with Crippen molar-refractivity contribution < 1.29 is 9.21 Å². The maximum Gasteiger partial charge on any atom is 0.292 e. The van der Waals surface area contributed by atoms with Gasteiger partial charge in [0.05, 0.1) is 28.5 Å². The van der Waals surface area contributed by atoms with Crippen molar-refractivity contribution in [2.75, 3.05) is 5.32 Å². The number of aromatic nitrogens is 2. The van der Waals surface area contributed by atoms with Crippen molar-refractivity contribution in [3.63, 3.8) is 0 Å².